The van der Waals surface area contributed by atoms with Crippen LogP contribution in [0.5, 0.6) is 0 Å². The fourth-order valence-corrected chi connectivity index (χ4v) is 12.1. The lowest BCUT2D eigenvalue weighted by molar-refractivity contribution is 1.18. The number of anilines is 4. The van der Waals surface area contributed by atoms with Gasteiger partial charge in [-0.25, -0.2) is 19.9 Å². The summed E-state index contributed by atoms with van der Waals surface area (Å²) < 4.78 is 0. The molecule has 8 rings (SSSR count). The fourth-order valence-electron chi connectivity index (χ4n) is 7.18. The molecule has 0 bridgehead atoms. The maximum Gasteiger partial charge on any atom is 0.130 e. The molecule has 52 heavy (non-hydrogen) atoms. The number of para-hydroxylation sites is 2. The maximum atomic E-state index is 4.79. The molecule has 254 valence electrons. The first-order valence-electron chi connectivity index (χ1n) is 17.3. The number of hydrogen-bond donors (Lipinski definition) is 0. The van der Waals surface area contributed by atoms with Crippen molar-refractivity contribution >= 4 is 86.9 Å². The van der Waals surface area contributed by atoms with Gasteiger partial charge >= 0.3 is 0 Å². The van der Waals surface area contributed by atoms with Crippen molar-refractivity contribution < 1.29 is 0 Å². The van der Waals surface area contributed by atoms with E-state index in [0.29, 0.717) is 8.58 Å². The molecule has 0 saturated heterocycles. The van der Waals surface area contributed by atoms with Crippen LogP contribution < -0.4 is 36.3 Å². The lowest BCUT2D eigenvalue weighted by atomic mass is 10.1. The highest BCUT2D eigenvalue weighted by Crippen LogP contribution is 2.56. The van der Waals surface area contributed by atoms with E-state index in [9.17, 15) is 0 Å². The summed E-state index contributed by atoms with van der Waals surface area (Å²) in [5.74, 6) is 0. The molecule has 0 amide bonds. The van der Waals surface area contributed by atoms with Gasteiger partial charge in [-0.1, -0.05) is 87.4 Å². The van der Waals surface area contributed by atoms with Gasteiger partial charge in [0.1, 0.15) is 35.8 Å². The van der Waals surface area contributed by atoms with Crippen LogP contribution in [0.15, 0.2) is 159 Å². The predicted octanol–water partition coefficient (Wildman–Crippen LogP) is 7.97. The van der Waals surface area contributed by atoms with Crippen molar-refractivity contribution in [3.8, 4) is 0 Å². The van der Waals surface area contributed by atoms with Crippen LogP contribution in [0.2, 0.25) is 0 Å². The van der Waals surface area contributed by atoms with E-state index in [4.69, 9.17) is 4.98 Å². The van der Waals surface area contributed by atoms with E-state index in [1.54, 1.807) is 12.7 Å². The summed E-state index contributed by atoms with van der Waals surface area (Å²) in [5.41, 5.74) is 7.60. The van der Waals surface area contributed by atoms with Crippen LogP contribution in [-0.2, 0) is 0 Å². The fraction of sp³-hybridized carbons (Fsp3) is 0.0909. The van der Waals surface area contributed by atoms with Crippen LogP contribution >= 0.6 is 15.8 Å². The largest absolute Gasteiger partial charge is 0.341 e. The summed E-state index contributed by atoms with van der Waals surface area (Å²) in [6.07, 6.45) is 7.05. The Hall–Kier alpha value is -5.54. The van der Waals surface area contributed by atoms with Gasteiger partial charge in [0, 0.05) is 60.0 Å². The Kier molecular flexibility index (Phi) is 9.19. The maximum absolute atomic E-state index is 4.79. The highest BCUT2D eigenvalue weighted by Gasteiger charge is 2.45. The summed E-state index contributed by atoms with van der Waals surface area (Å²) in [6.45, 7) is 4.62. The molecule has 0 aliphatic carbocycles. The molecule has 0 spiro atoms. The van der Waals surface area contributed by atoms with Crippen molar-refractivity contribution in [1.82, 2.24) is 19.9 Å². The van der Waals surface area contributed by atoms with E-state index in [1.165, 1.54) is 37.9 Å². The standard InChI is InChI=1S/C44H39N6P2/c1-31-23-36-32(27-45-29-47-36)24-40(31)50(3)41-25-33-28-46-30-48-37(33)26-44(41)52(4,35-17-9-6-10-18-35)43-22-14-12-20-39(43)49(2)38-19-11-13-21-42(38)51-34-15-7-5-8-16-34/h5-30,51H,1-4H3/q+1. The first-order chi connectivity index (χ1) is 25.4. The van der Waals surface area contributed by atoms with Gasteiger partial charge in [-0.15, -0.1) is 0 Å². The van der Waals surface area contributed by atoms with Crippen LogP contribution in [0.1, 0.15) is 5.56 Å². The predicted molar refractivity (Wildman–Crippen MR) is 225 cm³/mol. The molecule has 8 heteroatoms. The summed E-state index contributed by atoms with van der Waals surface area (Å²) in [7, 11) is 2.55. The number of rotatable bonds is 9. The SMILES string of the molecule is Cc1cc2ncncc2cc1N(C)c1cc2cncnc2cc1[P+](C)(c1ccccc1)c1ccccc1N(C)c1ccccc1Pc1ccccc1. The molecule has 6 aromatic carbocycles. The third-order valence-corrected chi connectivity index (χ3v) is 15.3. The molecule has 0 aliphatic rings. The molecule has 8 aromatic rings. The number of aromatic nitrogens is 4. The summed E-state index contributed by atoms with van der Waals surface area (Å²) >= 11 is 0. The molecule has 0 fully saturated rings. The molecule has 0 radical (unpaired) electrons. The van der Waals surface area contributed by atoms with Crippen LogP contribution in [0.3, 0.4) is 0 Å². The minimum atomic E-state index is -2.37. The lowest BCUT2D eigenvalue weighted by Crippen LogP contribution is -2.36. The number of nitrogens with zero attached hydrogens (tertiary/aromatic N) is 6. The van der Waals surface area contributed by atoms with E-state index < -0.39 is 7.26 Å². The van der Waals surface area contributed by atoms with Gasteiger partial charge in [0.2, 0.25) is 0 Å². The van der Waals surface area contributed by atoms with Crippen molar-refractivity contribution in [3.05, 3.63) is 164 Å². The Labute approximate surface area is 307 Å². The first kappa shape index (κ1) is 33.6. The smallest absolute Gasteiger partial charge is 0.130 e. The van der Waals surface area contributed by atoms with Crippen molar-refractivity contribution in [2.45, 2.75) is 6.92 Å². The second-order valence-corrected chi connectivity index (χ2v) is 18.0. The van der Waals surface area contributed by atoms with E-state index in [-0.39, 0.29) is 0 Å². The quantitative estimate of drug-likeness (QED) is 0.142. The Balaban J connectivity index is 1.36. The normalized spacial score (nSPS) is 12.7. The molecule has 2 unspecified atom stereocenters. The Bertz CT molecular complexity index is 2530. The molecular weight excluding hydrogens is 674 g/mol. The van der Waals surface area contributed by atoms with Crippen molar-refractivity contribution in [2.24, 2.45) is 0 Å². The Morgan fingerprint density at radius 2 is 1.10 bits per heavy atom. The van der Waals surface area contributed by atoms with Gasteiger partial charge < -0.3 is 9.80 Å². The van der Waals surface area contributed by atoms with E-state index >= 15 is 0 Å². The number of fused-ring (bicyclic) bond motifs is 2. The van der Waals surface area contributed by atoms with Crippen LogP contribution in [0.4, 0.5) is 22.7 Å². The van der Waals surface area contributed by atoms with Gasteiger partial charge in [-0.3, -0.25) is 0 Å². The second kappa shape index (κ2) is 14.2. The molecule has 6 nitrogen and oxygen atoms in total. The third kappa shape index (κ3) is 6.19. The highest BCUT2D eigenvalue weighted by molar-refractivity contribution is 7.95. The molecule has 2 heterocycles. The molecule has 0 aliphatic heterocycles. The highest BCUT2D eigenvalue weighted by atomic mass is 31.2. The average molecular weight is 714 g/mol. The zero-order chi connectivity index (χ0) is 35.7. The van der Waals surface area contributed by atoms with Crippen LogP contribution in [-0.4, -0.2) is 40.7 Å². The van der Waals surface area contributed by atoms with Crippen molar-refractivity contribution in [2.75, 3.05) is 30.6 Å². The van der Waals surface area contributed by atoms with Crippen LogP contribution in [0.25, 0.3) is 21.8 Å². The van der Waals surface area contributed by atoms with Crippen LogP contribution in [0, 0.1) is 6.92 Å². The monoisotopic (exact) mass is 713 g/mol. The summed E-state index contributed by atoms with van der Waals surface area (Å²) in [5, 5.41) is 8.47. The molecular formula is C44H39N6P2+. The molecule has 2 atom stereocenters. The zero-order valence-electron chi connectivity index (χ0n) is 29.6. The van der Waals surface area contributed by atoms with E-state index in [1.807, 2.05) is 12.4 Å². The number of hydrogen-bond acceptors (Lipinski definition) is 6. The topological polar surface area (TPSA) is 58.0 Å². The molecule has 0 saturated carbocycles. The van der Waals surface area contributed by atoms with Crippen molar-refractivity contribution in [1.29, 1.82) is 0 Å². The zero-order valence-corrected chi connectivity index (χ0v) is 31.5. The minimum absolute atomic E-state index is 0.539. The second-order valence-electron chi connectivity index (χ2n) is 13.1. The third-order valence-electron chi connectivity index (χ3n) is 9.94. The minimum Gasteiger partial charge on any atom is -0.341 e. The van der Waals surface area contributed by atoms with E-state index in [2.05, 4.69) is 186 Å². The number of aryl methyl sites for hydroxylation is 1. The van der Waals surface area contributed by atoms with Gasteiger partial charge in [0.25, 0.3) is 0 Å². The Morgan fingerprint density at radius 1 is 0.538 bits per heavy atom. The molecule has 2 aromatic heterocycles. The van der Waals surface area contributed by atoms with Gasteiger partial charge in [0.15, 0.2) is 0 Å². The van der Waals surface area contributed by atoms with Gasteiger partial charge in [0.05, 0.1) is 29.1 Å². The average Bonchev–Trinajstić information content (AvgIpc) is 3.20. The van der Waals surface area contributed by atoms with E-state index in [0.717, 1.165) is 38.7 Å². The summed E-state index contributed by atoms with van der Waals surface area (Å²) in [4.78, 5) is 22.8. The number of benzene rings is 6. The van der Waals surface area contributed by atoms with Gasteiger partial charge in [-0.2, -0.15) is 0 Å². The lowest BCUT2D eigenvalue weighted by Gasteiger charge is -2.33. The molecule has 0 N–H and O–H groups in total. The van der Waals surface area contributed by atoms with Gasteiger partial charge in [-0.05, 0) is 66.3 Å². The Morgan fingerprint density at radius 3 is 1.81 bits per heavy atom. The summed E-state index contributed by atoms with van der Waals surface area (Å²) in [6, 6.07) is 48.5. The van der Waals surface area contributed by atoms with Crippen molar-refractivity contribution in [3.63, 3.8) is 0 Å². The first-order valence-corrected chi connectivity index (χ1v) is 20.5.